The van der Waals surface area contributed by atoms with Crippen molar-refractivity contribution < 1.29 is 19.4 Å². The van der Waals surface area contributed by atoms with Crippen molar-refractivity contribution in [2.45, 2.75) is 26.5 Å². The molecular formula is C38H31ClN2O4. The van der Waals surface area contributed by atoms with Gasteiger partial charge in [-0.05, 0) is 72.5 Å². The summed E-state index contributed by atoms with van der Waals surface area (Å²) in [6.07, 6.45) is -0.0243. The number of halogens is 1. The van der Waals surface area contributed by atoms with Gasteiger partial charge in [-0.1, -0.05) is 96.5 Å². The molecule has 224 valence electrons. The fraction of sp³-hybridized carbons (Fsp3) is 0.105. The minimum Gasteiger partial charge on any atom is -0.490 e. The molecule has 0 bridgehead atoms. The molecule has 0 atom stereocenters. The number of ether oxygens (including phenoxy) is 1. The van der Waals surface area contributed by atoms with Gasteiger partial charge >= 0.3 is 5.97 Å². The maximum Gasteiger partial charge on any atom is 0.354 e. The third-order valence-corrected chi connectivity index (χ3v) is 7.79. The normalized spacial score (nSPS) is 11.1. The van der Waals surface area contributed by atoms with Crippen LogP contribution in [0.25, 0.3) is 33.2 Å². The summed E-state index contributed by atoms with van der Waals surface area (Å²) in [6.45, 7) is 4.17. The zero-order valence-corrected chi connectivity index (χ0v) is 25.6. The fourth-order valence-electron chi connectivity index (χ4n) is 5.54. The summed E-state index contributed by atoms with van der Waals surface area (Å²) in [5, 5.41) is 14.6. The van der Waals surface area contributed by atoms with Crippen LogP contribution in [0.2, 0.25) is 5.02 Å². The predicted octanol–water partition coefficient (Wildman–Crippen LogP) is 9.41. The first kappa shape index (κ1) is 29.7. The number of para-hydroxylation sites is 1. The molecule has 1 heterocycles. The number of benzene rings is 5. The standard InChI is InChI=1S/C38H31ClN2O4/c1-24(2)45-34-14-7-6-13-31(34)29-19-20-32-33(22-29)41(23-25-9-8-12-30(39)21-25)36(38(43)44)35(32)40-37(42)28-17-15-27(16-18-28)26-10-4-3-5-11-26/h3-22,24H,23H2,1-2H3,(H,40,42)(H,43,44). The third kappa shape index (κ3) is 6.33. The number of amides is 1. The van der Waals surface area contributed by atoms with Crippen LogP contribution >= 0.6 is 11.6 Å². The van der Waals surface area contributed by atoms with Gasteiger partial charge in [0, 0.05) is 28.1 Å². The van der Waals surface area contributed by atoms with Crippen molar-refractivity contribution in [3.8, 4) is 28.0 Å². The Morgan fingerprint density at radius 1 is 0.800 bits per heavy atom. The van der Waals surface area contributed by atoms with Gasteiger partial charge in [-0.3, -0.25) is 4.79 Å². The Labute approximate surface area is 266 Å². The monoisotopic (exact) mass is 614 g/mol. The van der Waals surface area contributed by atoms with Crippen LogP contribution in [-0.2, 0) is 6.54 Å². The molecule has 6 aromatic rings. The van der Waals surface area contributed by atoms with Crippen molar-refractivity contribution in [2.24, 2.45) is 0 Å². The molecule has 0 radical (unpaired) electrons. The van der Waals surface area contributed by atoms with E-state index in [4.69, 9.17) is 16.3 Å². The van der Waals surface area contributed by atoms with Crippen LogP contribution < -0.4 is 10.1 Å². The average molecular weight is 615 g/mol. The van der Waals surface area contributed by atoms with Crippen LogP contribution in [-0.4, -0.2) is 27.7 Å². The van der Waals surface area contributed by atoms with Crippen LogP contribution in [0, 0.1) is 0 Å². The predicted molar refractivity (Wildman–Crippen MR) is 180 cm³/mol. The molecule has 0 unspecified atom stereocenters. The number of aromatic nitrogens is 1. The minimum atomic E-state index is -1.16. The van der Waals surface area contributed by atoms with Gasteiger partial charge in [0.25, 0.3) is 5.91 Å². The molecule has 6 nitrogen and oxygen atoms in total. The number of carbonyl (C=O) groups is 2. The van der Waals surface area contributed by atoms with E-state index in [2.05, 4.69) is 5.32 Å². The molecule has 5 aromatic carbocycles. The number of hydrogen-bond donors (Lipinski definition) is 2. The maximum absolute atomic E-state index is 13.6. The van der Waals surface area contributed by atoms with Crippen LogP contribution in [0.3, 0.4) is 0 Å². The van der Waals surface area contributed by atoms with Crippen LogP contribution in [0.4, 0.5) is 5.69 Å². The summed E-state index contributed by atoms with van der Waals surface area (Å²) in [6, 6.07) is 37.9. The lowest BCUT2D eigenvalue weighted by Crippen LogP contribution is -2.16. The second-order valence-electron chi connectivity index (χ2n) is 11.0. The number of carbonyl (C=O) groups excluding carboxylic acids is 1. The molecule has 1 amide bonds. The topological polar surface area (TPSA) is 80.6 Å². The van der Waals surface area contributed by atoms with Gasteiger partial charge in [-0.25, -0.2) is 4.79 Å². The van der Waals surface area contributed by atoms with Gasteiger partial charge in [0.1, 0.15) is 5.75 Å². The first-order valence-electron chi connectivity index (χ1n) is 14.7. The number of carboxylic acids is 1. The zero-order valence-electron chi connectivity index (χ0n) is 24.8. The number of fused-ring (bicyclic) bond motifs is 1. The van der Waals surface area contributed by atoms with Gasteiger partial charge in [0.05, 0.1) is 17.3 Å². The summed E-state index contributed by atoms with van der Waals surface area (Å²) in [5.41, 5.74) is 5.85. The van der Waals surface area contributed by atoms with Crippen molar-refractivity contribution in [3.05, 3.63) is 143 Å². The summed E-state index contributed by atoms with van der Waals surface area (Å²) >= 11 is 6.29. The van der Waals surface area contributed by atoms with Gasteiger partial charge in [-0.2, -0.15) is 0 Å². The van der Waals surface area contributed by atoms with E-state index in [0.29, 0.717) is 21.5 Å². The molecule has 0 aliphatic carbocycles. The molecule has 0 saturated carbocycles. The lowest BCUT2D eigenvalue weighted by atomic mass is 10.0. The highest BCUT2D eigenvalue weighted by Gasteiger charge is 2.25. The summed E-state index contributed by atoms with van der Waals surface area (Å²) < 4.78 is 7.80. The quantitative estimate of drug-likeness (QED) is 0.170. The third-order valence-electron chi connectivity index (χ3n) is 7.55. The Morgan fingerprint density at radius 3 is 2.20 bits per heavy atom. The molecule has 0 fully saturated rings. The summed E-state index contributed by atoms with van der Waals surface area (Å²) in [5.74, 6) is -0.836. The summed E-state index contributed by atoms with van der Waals surface area (Å²) in [4.78, 5) is 26.5. The van der Waals surface area contributed by atoms with Gasteiger partial charge in [0.2, 0.25) is 0 Å². The van der Waals surface area contributed by atoms with E-state index < -0.39 is 11.9 Å². The fourth-order valence-corrected chi connectivity index (χ4v) is 5.75. The summed E-state index contributed by atoms with van der Waals surface area (Å²) in [7, 11) is 0. The number of hydrogen-bond acceptors (Lipinski definition) is 3. The zero-order chi connectivity index (χ0) is 31.5. The molecule has 45 heavy (non-hydrogen) atoms. The molecule has 0 spiro atoms. The SMILES string of the molecule is CC(C)Oc1ccccc1-c1ccc2c(NC(=O)c3ccc(-c4ccccc4)cc3)c(C(=O)O)n(Cc3cccc(Cl)c3)c2c1. The highest BCUT2D eigenvalue weighted by atomic mass is 35.5. The van der Waals surface area contributed by atoms with Gasteiger partial charge in [0.15, 0.2) is 5.69 Å². The Hall–Kier alpha value is -5.33. The Morgan fingerprint density at radius 2 is 1.49 bits per heavy atom. The number of nitrogens with one attached hydrogen (secondary N) is 1. The van der Waals surface area contributed by atoms with Crippen molar-refractivity contribution in [1.82, 2.24) is 4.57 Å². The van der Waals surface area contributed by atoms with E-state index in [9.17, 15) is 14.7 Å². The molecule has 6 rings (SSSR count). The average Bonchev–Trinajstić information content (AvgIpc) is 3.33. The lowest BCUT2D eigenvalue weighted by molar-refractivity contribution is 0.0687. The first-order valence-corrected chi connectivity index (χ1v) is 15.0. The van der Waals surface area contributed by atoms with Crippen LogP contribution in [0.15, 0.2) is 121 Å². The number of aromatic carboxylic acids is 1. The number of rotatable bonds is 9. The van der Waals surface area contributed by atoms with Crippen molar-refractivity contribution in [2.75, 3.05) is 5.32 Å². The van der Waals surface area contributed by atoms with E-state index in [0.717, 1.165) is 33.6 Å². The Kier molecular flexibility index (Phi) is 8.41. The number of carboxylic acid groups (broad SMARTS) is 1. The van der Waals surface area contributed by atoms with Crippen molar-refractivity contribution in [3.63, 3.8) is 0 Å². The minimum absolute atomic E-state index is 0.0243. The second kappa shape index (κ2) is 12.7. The smallest absolute Gasteiger partial charge is 0.354 e. The molecule has 1 aromatic heterocycles. The molecule has 2 N–H and O–H groups in total. The number of anilines is 1. The molecule has 0 aliphatic rings. The van der Waals surface area contributed by atoms with E-state index in [1.165, 1.54) is 0 Å². The van der Waals surface area contributed by atoms with Crippen molar-refractivity contribution >= 4 is 40.1 Å². The second-order valence-corrected chi connectivity index (χ2v) is 11.5. The number of nitrogens with zero attached hydrogens (tertiary/aromatic N) is 1. The molecule has 7 heteroatoms. The van der Waals surface area contributed by atoms with Gasteiger partial charge < -0.3 is 19.7 Å². The Bertz CT molecular complexity index is 2010. The largest absolute Gasteiger partial charge is 0.490 e. The highest BCUT2D eigenvalue weighted by molar-refractivity contribution is 6.30. The lowest BCUT2D eigenvalue weighted by Gasteiger charge is -2.15. The van der Waals surface area contributed by atoms with E-state index >= 15 is 0 Å². The van der Waals surface area contributed by atoms with Crippen LogP contribution in [0.5, 0.6) is 5.75 Å². The van der Waals surface area contributed by atoms with Crippen LogP contribution in [0.1, 0.15) is 40.3 Å². The molecular weight excluding hydrogens is 584 g/mol. The van der Waals surface area contributed by atoms with E-state index in [1.54, 1.807) is 28.8 Å². The highest BCUT2D eigenvalue weighted by Crippen LogP contribution is 2.38. The van der Waals surface area contributed by atoms with E-state index in [-0.39, 0.29) is 24.0 Å². The van der Waals surface area contributed by atoms with E-state index in [1.807, 2.05) is 111 Å². The maximum atomic E-state index is 13.6. The van der Waals surface area contributed by atoms with Crippen molar-refractivity contribution in [1.29, 1.82) is 0 Å². The first-order chi connectivity index (χ1) is 21.8. The van der Waals surface area contributed by atoms with Gasteiger partial charge in [-0.15, -0.1) is 0 Å². The Balaban J connectivity index is 1.46. The molecule has 0 aliphatic heterocycles. The molecule has 0 saturated heterocycles.